The molecule has 0 N–H and O–H groups in total. The summed E-state index contributed by atoms with van der Waals surface area (Å²) >= 11 is 0. The third kappa shape index (κ3) is 3.05. The summed E-state index contributed by atoms with van der Waals surface area (Å²) in [5, 5.41) is 0.836. The van der Waals surface area contributed by atoms with Crippen molar-refractivity contribution in [2.45, 2.75) is 25.7 Å². The lowest BCUT2D eigenvalue weighted by atomic mass is 10.1. The number of pyridine rings is 1. The summed E-state index contributed by atoms with van der Waals surface area (Å²) in [4.78, 5) is 4.54. The van der Waals surface area contributed by atoms with Gasteiger partial charge in [0.25, 0.3) is 0 Å². The number of benzene rings is 2. The highest BCUT2D eigenvalue weighted by Gasteiger charge is 2.19. The van der Waals surface area contributed by atoms with Crippen molar-refractivity contribution >= 4 is 21.0 Å². The van der Waals surface area contributed by atoms with Crippen molar-refractivity contribution in [1.29, 1.82) is 0 Å². The Morgan fingerprint density at radius 1 is 0.913 bits per heavy atom. The van der Waals surface area contributed by atoms with Crippen LogP contribution in [-0.2, 0) is 10.1 Å². The maximum atomic E-state index is 12.5. The predicted molar refractivity (Wildman–Crippen MR) is 90.2 cm³/mol. The lowest BCUT2D eigenvalue weighted by Crippen LogP contribution is -2.10. The van der Waals surface area contributed by atoms with Gasteiger partial charge in [-0.05, 0) is 56.2 Å². The molecule has 0 aliphatic carbocycles. The molecule has 5 heteroatoms. The molecule has 1 heterocycles. The minimum absolute atomic E-state index is 0.144. The van der Waals surface area contributed by atoms with Gasteiger partial charge in [-0.25, -0.2) is 4.98 Å². The van der Waals surface area contributed by atoms with E-state index in [1.54, 1.807) is 30.3 Å². The molecule has 0 unspecified atom stereocenters. The van der Waals surface area contributed by atoms with Crippen LogP contribution in [0.1, 0.15) is 16.8 Å². The standard InChI is InChI=1S/C18H17NO3S/c1-12-7-10-16(11-13(12)2)23(20,21)22-17-6-4-5-15-9-8-14(3)19-18(15)17/h4-11H,1-3H3. The van der Waals surface area contributed by atoms with E-state index in [4.69, 9.17) is 4.18 Å². The Bertz CT molecular complexity index is 994. The average molecular weight is 327 g/mol. The molecule has 3 aromatic rings. The number of rotatable bonds is 3. The van der Waals surface area contributed by atoms with Crippen molar-refractivity contribution in [2.24, 2.45) is 0 Å². The van der Waals surface area contributed by atoms with Crippen molar-refractivity contribution in [3.05, 3.63) is 65.4 Å². The summed E-state index contributed by atoms with van der Waals surface area (Å²) in [5.74, 6) is 0.240. The van der Waals surface area contributed by atoms with Crippen LogP contribution in [-0.4, -0.2) is 13.4 Å². The van der Waals surface area contributed by atoms with Crippen LogP contribution in [0.4, 0.5) is 0 Å². The number of hydrogen-bond acceptors (Lipinski definition) is 4. The smallest absolute Gasteiger partial charge is 0.339 e. The van der Waals surface area contributed by atoms with Crippen LogP contribution in [0.2, 0.25) is 0 Å². The minimum Gasteiger partial charge on any atom is -0.377 e. The van der Waals surface area contributed by atoms with E-state index in [0.29, 0.717) is 5.52 Å². The molecule has 0 radical (unpaired) electrons. The summed E-state index contributed by atoms with van der Waals surface area (Å²) in [6.07, 6.45) is 0. The minimum atomic E-state index is -3.90. The molecule has 3 rings (SSSR count). The Balaban J connectivity index is 2.07. The van der Waals surface area contributed by atoms with Gasteiger partial charge in [0, 0.05) is 11.1 Å². The van der Waals surface area contributed by atoms with Crippen molar-refractivity contribution in [3.63, 3.8) is 0 Å². The van der Waals surface area contributed by atoms with Crippen LogP contribution in [0.3, 0.4) is 0 Å². The second-order valence-corrected chi connectivity index (χ2v) is 7.11. The molecule has 0 bridgehead atoms. The second kappa shape index (κ2) is 5.66. The lowest BCUT2D eigenvalue weighted by Gasteiger charge is -2.10. The van der Waals surface area contributed by atoms with E-state index in [1.165, 1.54) is 0 Å². The Labute approximate surface area is 135 Å². The van der Waals surface area contributed by atoms with Crippen LogP contribution in [0.25, 0.3) is 10.9 Å². The van der Waals surface area contributed by atoms with Crippen molar-refractivity contribution in [2.75, 3.05) is 0 Å². The molecule has 0 amide bonds. The van der Waals surface area contributed by atoms with Crippen molar-refractivity contribution < 1.29 is 12.6 Å². The highest BCUT2D eigenvalue weighted by molar-refractivity contribution is 7.87. The van der Waals surface area contributed by atoms with Gasteiger partial charge in [0.05, 0.1) is 0 Å². The maximum Gasteiger partial charge on any atom is 0.339 e. The number of hydrogen-bond donors (Lipinski definition) is 0. The number of aromatic nitrogens is 1. The molecule has 118 valence electrons. The van der Waals surface area contributed by atoms with E-state index in [0.717, 1.165) is 22.2 Å². The van der Waals surface area contributed by atoms with E-state index >= 15 is 0 Å². The highest BCUT2D eigenvalue weighted by atomic mass is 32.2. The molecule has 0 saturated heterocycles. The summed E-state index contributed by atoms with van der Waals surface area (Å²) in [6.45, 7) is 5.66. The molecule has 0 aliphatic rings. The Morgan fingerprint density at radius 3 is 2.43 bits per heavy atom. The average Bonchev–Trinajstić information content (AvgIpc) is 2.50. The summed E-state index contributed by atoms with van der Waals surface area (Å²) in [5.41, 5.74) is 3.28. The van der Waals surface area contributed by atoms with Gasteiger partial charge < -0.3 is 4.18 Å². The third-order valence-corrected chi connectivity index (χ3v) is 5.02. The van der Waals surface area contributed by atoms with Crippen LogP contribution >= 0.6 is 0 Å². The van der Waals surface area contributed by atoms with Crippen molar-refractivity contribution in [1.82, 2.24) is 4.98 Å². The maximum absolute atomic E-state index is 12.5. The molecule has 0 aliphatic heterocycles. The SMILES string of the molecule is Cc1ccc2cccc(OS(=O)(=O)c3ccc(C)c(C)c3)c2n1. The van der Waals surface area contributed by atoms with Gasteiger partial charge in [-0.2, -0.15) is 8.42 Å². The van der Waals surface area contributed by atoms with Gasteiger partial charge in [0.2, 0.25) is 0 Å². The largest absolute Gasteiger partial charge is 0.377 e. The molecule has 0 fully saturated rings. The molecule has 2 aromatic carbocycles. The van der Waals surface area contributed by atoms with Crippen LogP contribution < -0.4 is 4.18 Å². The van der Waals surface area contributed by atoms with E-state index in [-0.39, 0.29) is 10.6 Å². The summed E-state index contributed by atoms with van der Waals surface area (Å²) in [7, 11) is -3.90. The van der Waals surface area contributed by atoms with Crippen LogP contribution in [0.15, 0.2) is 53.4 Å². The monoisotopic (exact) mass is 327 g/mol. The van der Waals surface area contributed by atoms with Gasteiger partial charge >= 0.3 is 10.1 Å². The Kier molecular flexibility index (Phi) is 3.82. The van der Waals surface area contributed by atoms with Crippen LogP contribution in [0, 0.1) is 20.8 Å². The molecule has 0 saturated carbocycles. The van der Waals surface area contributed by atoms with E-state index < -0.39 is 10.1 Å². The fraction of sp³-hybridized carbons (Fsp3) is 0.167. The first-order valence-corrected chi connectivity index (χ1v) is 8.66. The highest BCUT2D eigenvalue weighted by Crippen LogP contribution is 2.27. The normalized spacial score (nSPS) is 11.6. The van der Waals surface area contributed by atoms with Gasteiger partial charge in [0.15, 0.2) is 5.75 Å². The molecule has 1 aromatic heterocycles. The zero-order valence-electron chi connectivity index (χ0n) is 13.2. The molecular weight excluding hydrogens is 310 g/mol. The van der Waals surface area contributed by atoms with Gasteiger partial charge in [0.1, 0.15) is 10.4 Å². The topological polar surface area (TPSA) is 56.3 Å². The first-order chi connectivity index (χ1) is 10.9. The van der Waals surface area contributed by atoms with Crippen LogP contribution in [0.5, 0.6) is 5.75 Å². The first kappa shape index (κ1) is 15.5. The third-order valence-electron chi connectivity index (χ3n) is 3.79. The lowest BCUT2D eigenvalue weighted by molar-refractivity contribution is 0.488. The summed E-state index contributed by atoms with van der Waals surface area (Å²) in [6, 6.07) is 14.0. The van der Waals surface area contributed by atoms with E-state index in [1.807, 2.05) is 39.0 Å². The molecule has 4 nitrogen and oxygen atoms in total. The molecular formula is C18H17NO3S. The van der Waals surface area contributed by atoms with Gasteiger partial charge in [-0.1, -0.05) is 24.3 Å². The Morgan fingerprint density at radius 2 is 1.70 bits per heavy atom. The summed E-state index contributed by atoms with van der Waals surface area (Å²) < 4.78 is 30.4. The molecule has 0 atom stereocenters. The van der Waals surface area contributed by atoms with Gasteiger partial charge in [-0.15, -0.1) is 0 Å². The van der Waals surface area contributed by atoms with Gasteiger partial charge in [-0.3, -0.25) is 0 Å². The number of nitrogens with zero attached hydrogens (tertiary/aromatic N) is 1. The fourth-order valence-corrected chi connectivity index (χ4v) is 3.34. The molecule has 0 spiro atoms. The number of para-hydroxylation sites is 1. The fourth-order valence-electron chi connectivity index (χ4n) is 2.32. The number of aryl methyl sites for hydroxylation is 3. The Hall–Kier alpha value is -2.40. The zero-order chi connectivity index (χ0) is 16.6. The number of fused-ring (bicyclic) bond motifs is 1. The predicted octanol–water partition coefficient (Wildman–Crippen LogP) is 3.93. The quantitative estimate of drug-likeness (QED) is 0.684. The van der Waals surface area contributed by atoms with E-state index in [9.17, 15) is 8.42 Å². The zero-order valence-corrected chi connectivity index (χ0v) is 14.0. The van der Waals surface area contributed by atoms with Crippen molar-refractivity contribution in [3.8, 4) is 5.75 Å². The first-order valence-electron chi connectivity index (χ1n) is 7.25. The van der Waals surface area contributed by atoms with E-state index in [2.05, 4.69) is 4.98 Å². The molecule has 23 heavy (non-hydrogen) atoms. The second-order valence-electron chi connectivity index (χ2n) is 5.56.